The molecule has 25 heavy (non-hydrogen) atoms. The minimum atomic E-state index is 0. The quantitative estimate of drug-likeness (QED) is 0.247. The van der Waals surface area contributed by atoms with Crippen LogP contribution in [0, 0.1) is 0 Å². The van der Waals surface area contributed by atoms with E-state index in [1.54, 1.807) is 0 Å². The number of ether oxygens (including phenoxy) is 2. The third-order valence-electron chi connectivity index (χ3n) is 3.83. The molecule has 1 aromatic rings. The lowest BCUT2D eigenvalue weighted by Gasteiger charge is -2.13. The summed E-state index contributed by atoms with van der Waals surface area (Å²) in [6.45, 7) is 6.14. The monoisotopic (exact) mass is 504 g/mol. The first-order chi connectivity index (χ1) is 11.6. The highest BCUT2D eigenvalue weighted by atomic mass is 127. The highest BCUT2D eigenvalue weighted by molar-refractivity contribution is 14.0. The fourth-order valence-corrected chi connectivity index (χ4v) is 2.89. The van der Waals surface area contributed by atoms with E-state index in [2.05, 4.69) is 15.6 Å². The van der Waals surface area contributed by atoms with Gasteiger partial charge < -0.3 is 24.7 Å². The van der Waals surface area contributed by atoms with Crippen LogP contribution in [0.1, 0.15) is 25.5 Å². The molecular formula is C16H27Cl2IN4O2. The molecule has 0 saturated carbocycles. The largest absolute Gasteiger partial charge is 0.377 e. The molecule has 2 N–H and O–H groups in total. The summed E-state index contributed by atoms with van der Waals surface area (Å²) in [7, 11) is 1.87. The first-order valence-corrected chi connectivity index (χ1v) is 9.08. The number of hydrogen-bond acceptors (Lipinski definition) is 3. The van der Waals surface area contributed by atoms with Gasteiger partial charge >= 0.3 is 0 Å². The van der Waals surface area contributed by atoms with Crippen LogP contribution in [0.5, 0.6) is 0 Å². The first kappa shape index (κ1) is 22.8. The number of nitrogens with zero attached hydrogens (tertiary/aromatic N) is 2. The van der Waals surface area contributed by atoms with Crippen LogP contribution in [0.15, 0.2) is 11.1 Å². The van der Waals surface area contributed by atoms with Crippen LogP contribution < -0.4 is 10.6 Å². The first-order valence-electron chi connectivity index (χ1n) is 8.33. The molecule has 144 valence electrons. The molecule has 9 heteroatoms. The zero-order chi connectivity index (χ0) is 17.4. The van der Waals surface area contributed by atoms with Crippen LogP contribution in [0.3, 0.4) is 0 Å². The number of hydrogen-bond donors (Lipinski definition) is 2. The van der Waals surface area contributed by atoms with E-state index in [1.165, 1.54) is 0 Å². The van der Waals surface area contributed by atoms with Gasteiger partial charge in [-0.1, -0.05) is 23.2 Å². The predicted octanol–water partition coefficient (Wildman–Crippen LogP) is 3.20. The summed E-state index contributed by atoms with van der Waals surface area (Å²) in [5.41, 5.74) is 0.955. The summed E-state index contributed by atoms with van der Waals surface area (Å²) in [5.74, 6) is 0.742. The van der Waals surface area contributed by atoms with Crippen LogP contribution in [-0.4, -0.2) is 49.5 Å². The third kappa shape index (κ3) is 7.50. The second-order valence-corrected chi connectivity index (χ2v) is 6.43. The maximum atomic E-state index is 6.07. The molecule has 0 bridgehead atoms. The summed E-state index contributed by atoms with van der Waals surface area (Å²) < 4.78 is 13.0. The molecule has 1 unspecified atom stereocenters. The molecule has 0 aliphatic carbocycles. The summed E-state index contributed by atoms with van der Waals surface area (Å²) >= 11 is 12.1. The highest BCUT2D eigenvalue weighted by Crippen LogP contribution is 2.25. The third-order valence-corrected chi connectivity index (χ3v) is 4.67. The van der Waals surface area contributed by atoms with Crippen LogP contribution in [0.2, 0.25) is 10.2 Å². The molecule has 1 saturated heterocycles. The Hall–Kier alpha value is -0.220. The fraction of sp³-hybridized carbons (Fsp3) is 0.688. The van der Waals surface area contributed by atoms with Crippen molar-refractivity contribution in [2.75, 3.05) is 32.9 Å². The molecule has 1 aromatic heterocycles. The van der Waals surface area contributed by atoms with Gasteiger partial charge in [0.15, 0.2) is 5.96 Å². The molecule has 0 amide bonds. The van der Waals surface area contributed by atoms with E-state index in [4.69, 9.17) is 32.7 Å². The summed E-state index contributed by atoms with van der Waals surface area (Å²) in [5, 5.41) is 7.54. The summed E-state index contributed by atoms with van der Waals surface area (Å²) in [6.07, 6.45) is 2.49. The Balaban J connectivity index is 0.00000312. The van der Waals surface area contributed by atoms with E-state index in [9.17, 15) is 0 Å². The van der Waals surface area contributed by atoms with Gasteiger partial charge in [-0.2, -0.15) is 0 Å². The SMILES string of the molecule is CCNC(=NCc1cc(Cl)c(Cl)n1C)NCCOCC1CCCO1.I. The van der Waals surface area contributed by atoms with Gasteiger partial charge in [0.25, 0.3) is 0 Å². The number of guanidine groups is 1. The van der Waals surface area contributed by atoms with Crippen molar-refractivity contribution < 1.29 is 9.47 Å². The standard InChI is InChI=1S/C16H26Cl2N4O2.HI/c1-3-19-16(20-6-8-23-11-13-5-4-7-24-13)21-10-12-9-14(17)15(18)22(12)2;/h9,13H,3-8,10-11H2,1-2H3,(H2,19,20,21);1H. The van der Waals surface area contributed by atoms with Gasteiger partial charge in [-0.15, -0.1) is 24.0 Å². The molecule has 1 aliphatic heterocycles. The van der Waals surface area contributed by atoms with E-state index >= 15 is 0 Å². The van der Waals surface area contributed by atoms with Gasteiger partial charge in [0.2, 0.25) is 0 Å². The second kappa shape index (κ2) is 12.2. The Bertz CT molecular complexity index is 548. The van der Waals surface area contributed by atoms with Gasteiger partial charge in [0.05, 0.1) is 30.9 Å². The molecule has 1 fully saturated rings. The van der Waals surface area contributed by atoms with Gasteiger partial charge in [-0.05, 0) is 25.8 Å². The minimum absolute atomic E-state index is 0. The normalized spacial score (nSPS) is 17.4. The smallest absolute Gasteiger partial charge is 0.191 e. The Labute approximate surface area is 176 Å². The molecule has 0 radical (unpaired) electrons. The molecule has 1 aliphatic rings. The summed E-state index contributed by atoms with van der Waals surface area (Å²) in [6, 6.07) is 1.83. The van der Waals surface area contributed by atoms with Gasteiger partial charge in [-0.25, -0.2) is 4.99 Å². The Morgan fingerprint density at radius 1 is 1.44 bits per heavy atom. The molecular weight excluding hydrogens is 478 g/mol. The molecule has 2 heterocycles. The minimum Gasteiger partial charge on any atom is -0.377 e. The van der Waals surface area contributed by atoms with Crippen molar-refractivity contribution in [2.45, 2.75) is 32.4 Å². The van der Waals surface area contributed by atoms with Crippen molar-refractivity contribution in [1.29, 1.82) is 0 Å². The number of rotatable bonds is 8. The van der Waals surface area contributed by atoms with Crippen molar-refractivity contribution in [3.8, 4) is 0 Å². The van der Waals surface area contributed by atoms with Crippen molar-refractivity contribution in [1.82, 2.24) is 15.2 Å². The molecule has 0 spiro atoms. The van der Waals surface area contributed by atoms with E-state index < -0.39 is 0 Å². The number of nitrogens with one attached hydrogen (secondary N) is 2. The zero-order valence-electron chi connectivity index (χ0n) is 14.7. The Morgan fingerprint density at radius 3 is 2.84 bits per heavy atom. The molecule has 2 rings (SSSR count). The fourth-order valence-electron chi connectivity index (χ4n) is 2.47. The zero-order valence-corrected chi connectivity index (χ0v) is 18.5. The lowest BCUT2D eigenvalue weighted by Crippen LogP contribution is -2.39. The molecule has 6 nitrogen and oxygen atoms in total. The van der Waals surface area contributed by atoms with E-state index in [1.807, 2.05) is 24.6 Å². The van der Waals surface area contributed by atoms with Crippen molar-refractivity contribution in [3.05, 3.63) is 21.9 Å². The molecule has 0 aromatic carbocycles. The van der Waals surface area contributed by atoms with Crippen molar-refractivity contribution >= 4 is 53.1 Å². The average molecular weight is 505 g/mol. The maximum absolute atomic E-state index is 6.07. The Kier molecular flexibility index (Phi) is 11.2. The van der Waals surface area contributed by atoms with E-state index in [0.29, 0.717) is 36.5 Å². The number of aliphatic imine (C=N–C) groups is 1. The lowest BCUT2D eigenvalue weighted by atomic mass is 10.2. The maximum Gasteiger partial charge on any atom is 0.191 e. The predicted molar refractivity (Wildman–Crippen MR) is 113 cm³/mol. The van der Waals surface area contributed by atoms with Crippen molar-refractivity contribution in [3.63, 3.8) is 0 Å². The van der Waals surface area contributed by atoms with Crippen LogP contribution in [0.25, 0.3) is 0 Å². The summed E-state index contributed by atoms with van der Waals surface area (Å²) in [4.78, 5) is 4.55. The highest BCUT2D eigenvalue weighted by Gasteiger charge is 2.15. The lowest BCUT2D eigenvalue weighted by molar-refractivity contribution is 0.0191. The van der Waals surface area contributed by atoms with Crippen LogP contribution in [-0.2, 0) is 23.1 Å². The molecule has 1 atom stereocenters. The van der Waals surface area contributed by atoms with Gasteiger partial charge in [-0.3, -0.25) is 0 Å². The van der Waals surface area contributed by atoms with Crippen molar-refractivity contribution in [2.24, 2.45) is 12.0 Å². The Morgan fingerprint density at radius 2 is 2.24 bits per heavy atom. The second-order valence-electron chi connectivity index (χ2n) is 5.67. The van der Waals surface area contributed by atoms with Gasteiger partial charge in [0.1, 0.15) is 5.15 Å². The number of aromatic nitrogens is 1. The van der Waals surface area contributed by atoms with E-state index in [0.717, 1.165) is 37.6 Å². The number of halogens is 3. The van der Waals surface area contributed by atoms with Crippen LogP contribution in [0.4, 0.5) is 0 Å². The van der Waals surface area contributed by atoms with Crippen LogP contribution >= 0.6 is 47.2 Å². The topological polar surface area (TPSA) is 59.8 Å². The van der Waals surface area contributed by atoms with Gasteiger partial charge in [0, 0.05) is 32.4 Å². The average Bonchev–Trinajstić information content (AvgIpc) is 3.17. The van der Waals surface area contributed by atoms with E-state index in [-0.39, 0.29) is 30.1 Å².